The fraction of sp³-hybridized carbons (Fsp3) is 0.250. The van der Waals surface area contributed by atoms with Crippen molar-refractivity contribution in [3.8, 4) is 5.69 Å². The molecule has 0 saturated heterocycles. The lowest BCUT2D eigenvalue weighted by Gasteiger charge is -2.30. The van der Waals surface area contributed by atoms with E-state index in [-0.39, 0.29) is 11.6 Å². The number of hydrogen-bond donors (Lipinski definition) is 1. The Labute approximate surface area is 218 Å². The van der Waals surface area contributed by atoms with Gasteiger partial charge in [0.15, 0.2) is 0 Å². The molecule has 4 aromatic rings. The van der Waals surface area contributed by atoms with E-state index in [1.807, 2.05) is 81.4 Å². The van der Waals surface area contributed by atoms with Crippen molar-refractivity contribution >= 4 is 38.6 Å². The minimum Gasteiger partial charge on any atom is -0.383 e. The third kappa shape index (κ3) is 5.34. The normalized spacial score (nSPS) is 11.9. The van der Waals surface area contributed by atoms with Crippen molar-refractivity contribution in [2.45, 2.75) is 26.8 Å². The molecule has 0 saturated carbocycles. The van der Waals surface area contributed by atoms with Crippen LogP contribution in [-0.2, 0) is 4.74 Å². The van der Waals surface area contributed by atoms with Crippen LogP contribution in [0.4, 0.5) is 10.5 Å². The van der Waals surface area contributed by atoms with Crippen molar-refractivity contribution in [3.05, 3.63) is 98.5 Å². The standard InChI is InChI=1S/C28H29BrN4O3/c1-18-9-14-25(19(2)17-18)33-26(31-24-8-6-5-7-23(24)27(33)34)20(3)32(15-16-36-4)28(35)30-22-12-10-21(29)11-13-22/h5-14,17,20H,15-16H2,1-4H3,(H,30,35). The number of rotatable bonds is 7. The zero-order valence-electron chi connectivity index (χ0n) is 20.8. The molecule has 7 nitrogen and oxygen atoms in total. The highest BCUT2D eigenvalue weighted by Gasteiger charge is 2.27. The average Bonchev–Trinajstić information content (AvgIpc) is 2.86. The molecule has 4 rings (SSSR count). The molecule has 1 unspecified atom stereocenters. The van der Waals surface area contributed by atoms with E-state index < -0.39 is 6.04 Å². The minimum atomic E-state index is -0.534. The number of methoxy groups -OCH3 is 1. The molecule has 3 aromatic carbocycles. The number of halogens is 1. The highest BCUT2D eigenvalue weighted by molar-refractivity contribution is 9.10. The van der Waals surface area contributed by atoms with Crippen LogP contribution in [0.1, 0.15) is 29.9 Å². The number of benzene rings is 3. The van der Waals surface area contributed by atoms with Crippen molar-refractivity contribution in [2.75, 3.05) is 25.6 Å². The zero-order valence-corrected chi connectivity index (χ0v) is 22.4. The first-order valence-corrected chi connectivity index (χ1v) is 12.5. The smallest absolute Gasteiger partial charge is 0.322 e. The predicted molar refractivity (Wildman–Crippen MR) is 147 cm³/mol. The second-order valence-electron chi connectivity index (χ2n) is 8.72. The Kier molecular flexibility index (Phi) is 7.86. The van der Waals surface area contributed by atoms with Gasteiger partial charge in [-0.2, -0.15) is 0 Å². The van der Waals surface area contributed by atoms with E-state index in [9.17, 15) is 9.59 Å². The number of amides is 2. The van der Waals surface area contributed by atoms with Gasteiger partial charge in [0.1, 0.15) is 5.82 Å². The number of urea groups is 1. The van der Waals surface area contributed by atoms with Gasteiger partial charge in [0.05, 0.1) is 29.2 Å². The summed E-state index contributed by atoms with van der Waals surface area (Å²) >= 11 is 3.42. The van der Waals surface area contributed by atoms with E-state index >= 15 is 0 Å². The summed E-state index contributed by atoms with van der Waals surface area (Å²) in [5, 5.41) is 3.48. The van der Waals surface area contributed by atoms with Crippen molar-refractivity contribution < 1.29 is 9.53 Å². The Morgan fingerprint density at radius 3 is 2.53 bits per heavy atom. The number of aromatic nitrogens is 2. The maximum absolute atomic E-state index is 13.8. The van der Waals surface area contributed by atoms with Crippen LogP contribution in [0, 0.1) is 13.8 Å². The second kappa shape index (κ2) is 11.1. The Morgan fingerprint density at radius 1 is 1.11 bits per heavy atom. The zero-order chi connectivity index (χ0) is 25.8. The monoisotopic (exact) mass is 548 g/mol. The number of nitrogens with zero attached hydrogens (tertiary/aromatic N) is 3. The number of carbonyl (C=O) groups excluding carboxylic acids is 1. The molecular weight excluding hydrogens is 520 g/mol. The van der Waals surface area contributed by atoms with Gasteiger partial charge < -0.3 is 15.0 Å². The molecule has 186 valence electrons. The van der Waals surface area contributed by atoms with Gasteiger partial charge in [0, 0.05) is 23.8 Å². The maximum atomic E-state index is 13.8. The van der Waals surface area contributed by atoms with Crippen LogP contribution in [0.3, 0.4) is 0 Å². The van der Waals surface area contributed by atoms with Gasteiger partial charge in [0.2, 0.25) is 0 Å². The molecule has 0 bridgehead atoms. The van der Waals surface area contributed by atoms with Crippen LogP contribution >= 0.6 is 15.9 Å². The molecule has 1 heterocycles. The fourth-order valence-electron chi connectivity index (χ4n) is 4.25. The van der Waals surface area contributed by atoms with Gasteiger partial charge in [-0.05, 0) is 68.8 Å². The van der Waals surface area contributed by atoms with Crippen LogP contribution in [0.2, 0.25) is 0 Å². The average molecular weight is 549 g/mol. The van der Waals surface area contributed by atoms with Crippen LogP contribution in [0.25, 0.3) is 16.6 Å². The van der Waals surface area contributed by atoms with Crippen molar-refractivity contribution in [2.24, 2.45) is 0 Å². The Bertz CT molecular complexity index is 1450. The lowest BCUT2D eigenvalue weighted by Crippen LogP contribution is -2.41. The van der Waals surface area contributed by atoms with Crippen LogP contribution in [0.15, 0.2) is 76.0 Å². The lowest BCUT2D eigenvalue weighted by atomic mass is 10.1. The van der Waals surface area contributed by atoms with Crippen molar-refractivity contribution in [1.82, 2.24) is 14.5 Å². The Morgan fingerprint density at radius 2 is 1.83 bits per heavy atom. The molecule has 8 heteroatoms. The molecule has 0 spiro atoms. The predicted octanol–water partition coefficient (Wildman–Crippen LogP) is 6.01. The molecule has 1 atom stereocenters. The molecular formula is C28H29BrN4O3. The Hall–Kier alpha value is -3.49. The van der Waals surface area contributed by atoms with Gasteiger partial charge in [-0.15, -0.1) is 0 Å². The molecule has 1 N–H and O–H groups in total. The second-order valence-corrected chi connectivity index (χ2v) is 9.63. The van der Waals surface area contributed by atoms with E-state index in [2.05, 4.69) is 21.2 Å². The summed E-state index contributed by atoms with van der Waals surface area (Å²) in [5.41, 5.74) is 3.87. The fourth-order valence-corrected chi connectivity index (χ4v) is 4.51. The highest BCUT2D eigenvalue weighted by Crippen LogP contribution is 2.25. The van der Waals surface area contributed by atoms with Gasteiger partial charge in [0.25, 0.3) is 5.56 Å². The van der Waals surface area contributed by atoms with Gasteiger partial charge in [-0.25, -0.2) is 9.78 Å². The summed E-state index contributed by atoms with van der Waals surface area (Å²) in [6.45, 7) is 6.52. The molecule has 0 radical (unpaired) electrons. The molecule has 0 fully saturated rings. The first kappa shape index (κ1) is 25.6. The topological polar surface area (TPSA) is 76.5 Å². The number of hydrogen-bond acceptors (Lipinski definition) is 4. The number of ether oxygens (including phenoxy) is 1. The first-order valence-electron chi connectivity index (χ1n) is 11.7. The van der Waals surface area contributed by atoms with Gasteiger partial charge >= 0.3 is 6.03 Å². The van der Waals surface area contributed by atoms with E-state index in [1.54, 1.807) is 22.6 Å². The molecule has 0 aliphatic rings. The lowest BCUT2D eigenvalue weighted by molar-refractivity contribution is 0.137. The summed E-state index contributed by atoms with van der Waals surface area (Å²) < 4.78 is 7.85. The summed E-state index contributed by atoms with van der Waals surface area (Å²) in [6.07, 6.45) is 0. The summed E-state index contributed by atoms with van der Waals surface area (Å²) in [6, 6.07) is 19.7. The van der Waals surface area contributed by atoms with E-state index in [0.717, 1.165) is 21.3 Å². The summed E-state index contributed by atoms with van der Waals surface area (Å²) in [5.74, 6) is 0.479. The molecule has 0 aliphatic heterocycles. The number of aryl methyl sites for hydroxylation is 2. The van der Waals surface area contributed by atoms with E-state index in [0.29, 0.717) is 35.6 Å². The van der Waals surface area contributed by atoms with Crippen LogP contribution in [-0.4, -0.2) is 40.7 Å². The number of para-hydroxylation sites is 1. The number of carbonyl (C=O) groups is 1. The largest absolute Gasteiger partial charge is 0.383 e. The molecule has 0 aliphatic carbocycles. The van der Waals surface area contributed by atoms with Gasteiger partial charge in [-0.3, -0.25) is 9.36 Å². The Balaban J connectivity index is 1.84. The van der Waals surface area contributed by atoms with E-state index in [4.69, 9.17) is 9.72 Å². The molecule has 36 heavy (non-hydrogen) atoms. The summed E-state index contributed by atoms with van der Waals surface area (Å²) in [7, 11) is 1.59. The SMILES string of the molecule is COCCN(C(=O)Nc1ccc(Br)cc1)C(C)c1nc2ccccc2c(=O)n1-c1ccc(C)cc1C. The van der Waals surface area contributed by atoms with Crippen LogP contribution < -0.4 is 10.9 Å². The van der Waals surface area contributed by atoms with Crippen molar-refractivity contribution in [1.29, 1.82) is 0 Å². The minimum absolute atomic E-state index is 0.172. The van der Waals surface area contributed by atoms with Crippen molar-refractivity contribution in [3.63, 3.8) is 0 Å². The molecule has 1 aromatic heterocycles. The number of nitrogens with one attached hydrogen (secondary N) is 1. The third-order valence-electron chi connectivity index (χ3n) is 6.13. The summed E-state index contributed by atoms with van der Waals surface area (Å²) in [4.78, 5) is 33.8. The maximum Gasteiger partial charge on any atom is 0.322 e. The van der Waals surface area contributed by atoms with E-state index in [1.165, 1.54) is 0 Å². The first-order chi connectivity index (χ1) is 17.3. The highest BCUT2D eigenvalue weighted by atomic mass is 79.9. The third-order valence-corrected chi connectivity index (χ3v) is 6.66. The molecule has 2 amide bonds. The number of anilines is 1. The van der Waals surface area contributed by atoms with Crippen LogP contribution in [0.5, 0.6) is 0 Å². The number of fused-ring (bicyclic) bond motifs is 1. The quantitative estimate of drug-likeness (QED) is 0.307. The van der Waals surface area contributed by atoms with Gasteiger partial charge in [-0.1, -0.05) is 45.8 Å².